The molecule has 3 atom stereocenters. The number of amides is 2. The molecule has 0 aromatic heterocycles. The van der Waals surface area contributed by atoms with Gasteiger partial charge < -0.3 is 25.2 Å². The Hall–Kier alpha value is -1.93. The molecule has 3 unspecified atom stereocenters. The molecule has 244 valence electrons. The summed E-state index contributed by atoms with van der Waals surface area (Å²) in [5, 5.41) is 15.6. The van der Waals surface area contributed by atoms with E-state index in [1.54, 1.807) is 13.8 Å². The number of allylic oxidation sites excluding steroid dienone is 2. The van der Waals surface area contributed by atoms with Gasteiger partial charge in [0.2, 0.25) is 11.8 Å². The van der Waals surface area contributed by atoms with Crippen LogP contribution in [0.3, 0.4) is 0 Å². The van der Waals surface area contributed by atoms with Crippen LogP contribution in [0.25, 0.3) is 0 Å². The molecule has 8 heteroatoms. The molecule has 1 heterocycles. The van der Waals surface area contributed by atoms with E-state index in [0.29, 0.717) is 19.4 Å². The lowest BCUT2D eigenvalue weighted by molar-refractivity contribution is -0.304. The van der Waals surface area contributed by atoms with Crippen molar-refractivity contribution in [2.75, 3.05) is 13.2 Å². The molecular formula is C34H62N2O6. The highest BCUT2D eigenvalue weighted by Gasteiger charge is 2.45. The molecule has 1 saturated heterocycles. The summed E-state index contributed by atoms with van der Waals surface area (Å²) in [6.45, 7) is 11.8. The van der Waals surface area contributed by atoms with Gasteiger partial charge in [0.15, 0.2) is 5.79 Å². The van der Waals surface area contributed by atoms with Crippen LogP contribution in [-0.2, 0) is 23.9 Å². The van der Waals surface area contributed by atoms with Crippen LogP contribution in [0.1, 0.15) is 144 Å². The average molecular weight is 595 g/mol. The quantitative estimate of drug-likeness (QED) is 0.0845. The summed E-state index contributed by atoms with van der Waals surface area (Å²) in [6, 6.07) is -0.256. The molecule has 0 saturated carbocycles. The summed E-state index contributed by atoms with van der Waals surface area (Å²) in [5.74, 6) is -3.07. The zero-order valence-electron chi connectivity index (χ0n) is 27.6. The fourth-order valence-corrected chi connectivity index (χ4v) is 5.24. The first kappa shape index (κ1) is 38.1. The molecule has 8 nitrogen and oxygen atoms in total. The Labute approximate surface area is 256 Å². The minimum absolute atomic E-state index is 0.0218. The highest BCUT2D eigenvalue weighted by molar-refractivity contribution is 5.82. The number of nitrogens with one attached hydrogen (secondary N) is 2. The maximum Gasteiger partial charge on any atom is 0.308 e. The van der Waals surface area contributed by atoms with Gasteiger partial charge in [0, 0.05) is 24.4 Å². The topological polar surface area (TPSA) is 114 Å². The van der Waals surface area contributed by atoms with Crippen molar-refractivity contribution < 1.29 is 29.0 Å². The third kappa shape index (κ3) is 16.6. The summed E-state index contributed by atoms with van der Waals surface area (Å²) >= 11 is 0. The summed E-state index contributed by atoms with van der Waals surface area (Å²) in [4.78, 5) is 37.4. The lowest BCUT2D eigenvalue weighted by Gasteiger charge is -2.44. The number of carbonyl (C=O) groups is 3. The Morgan fingerprint density at radius 3 is 2.02 bits per heavy atom. The molecular weight excluding hydrogens is 532 g/mol. The van der Waals surface area contributed by atoms with E-state index < -0.39 is 29.2 Å². The largest absolute Gasteiger partial charge is 0.481 e. The predicted molar refractivity (Wildman–Crippen MR) is 169 cm³/mol. The summed E-state index contributed by atoms with van der Waals surface area (Å²) < 4.78 is 11.5. The zero-order valence-corrected chi connectivity index (χ0v) is 27.6. The number of rotatable bonds is 23. The number of unbranched alkanes of at least 4 members (excludes halogenated alkanes) is 11. The minimum Gasteiger partial charge on any atom is -0.481 e. The Kier molecular flexibility index (Phi) is 18.9. The smallest absolute Gasteiger partial charge is 0.308 e. The van der Waals surface area contributed by atoms with E-state index in [4.69, 9.17) is 9.47 Å². The third-order valence-corrected chi connectivity index (χ3v) is 8.11. The van der Waals surface area contributed by atoms with Gasteiger partial charge in [0.1, 0.15) is 6.10 Å². The van der Waals surface area contributed by atoms with Gasteiger partial charge in [-0.15, -0.1) is 0 Å². The Morgan fingerprint density at radius 1 is 0.881 bits per heavy atom. The molecule has 0 aromatic carbocycles. The van der Waals surface area contributed by atoms with Crippen molar-refractivity contribution in [2.24, 2.45) is 11.3 Å². The van der Waals surface area contributed by atoms with E-state index >= 15 is 0 Å². The second kappa shape index (κ2) is 20.9. The molecule has 0 spiro atoms. The van der Waals surface area contributed by atoms with Gasteiger partial charge in [-0.1, -0.05) is 91.2 Å². The fraction of sp³-hybridized carbons (Fsp3) is 0.853. The number of hydrogen-bond acceptors (Lipinski definition) is 5. The van der Waals surface area contributed by atoms with Gasteiger partial charge in [0.05, 0.1) is 12.5 Å². The van der Waals surface area contributed by atoms with Crippen molar-refractivity contribution >= 4 is 17.8 Å². The third-order valence-electron chi connectivity index (χ3n) is 8.11. The maximum absolute atomic E-state index is 12.9. The van der Waals surface area contributed by atoms with Gasteiger partial charge in [-0.25, -0.2) is 0 Å². The normalized spacial score (nSPS) is 19.3. The van der Waals surface area contributed by atoms with Crippen LogP contribution in [0.15, 0.2) is 12.2 Å². The summed E-state index contributed by atoms with van der Waals surface area (Å²) in [6.07, 6.45) is 21.0. The fourth-order valence-electron chi connectivity index (χ4n) is 5.24. The second-order valence-corrected chi connectivity index (χ2v) is 13.2. The molecule has 0 aromatic rings. The first-order valence-electron chi connectivity index (χ1n) is 16.7. The minimum atomic E-state index is -0.993. The van der Waals surface area contributed by atoms with Crippen LogP contribution < -0.4 is 10.6 Å². The Morgan fingerprint density at radius 2 is 1.45 bits per heavy atom. The molecule has 0 radical (unpaired) electrons. The van der Waals surface area contributed by atoms with Crippen molar-refractivity contribution in [3.05, 3.63) is 12.2 Å². The van der Waals surface area contributed by atoms with Crippen LogP contribution in [0, 0.1) is 11.3 Å². The van der Waals surface area contributed by atoms with Gasteiger partial charge in [-0.05, 0) is 58.8 Å². The Balaban J connectivity index is 2.26. The van der Waals surface area contributed by atoms with E-state index in [2.05, 4.69) is 29.7 Å². The predicted octanol–water partition coefficient (Wildman–Crippen LogP) is 7.30. The van der Waals surface area contributed by atoms with Gasteiger partial charge in [0.25, 0.3) is 0 Å². The highest BCUT2D eigenvalue weighted by Crippen LogP contribution is 2.34. The van der Waals surface area contributed by atoms with E-state index in [-0.39, 0.29) is 30.8 Å². The molecule has 1 rings (SSSR count). The molecule has 1 aliphatic heterocycles. The van der Waals surface area contributed by atoms with E-state index in [0.717, 1.165) is 25.7 Å². The van der Waals surface area contributed by atoms with E-state index in [9.17, 15) is 19.5 Å². The number of hydrogen-bond donors (Lipinski definition) is 3. The molecule has 0 bridgehead atoms. The molecule has 1 fully saturated rings. The number of carboxylic acid groups (broad SMARTS) is 1. The summed E-state index contributed by atoms with van der Waals surface area (Å²) in [7, 11) is 0. The second-order valence-electron chi connectivity index (χ2n) is 13.2. The lowest BCUT2D eigenvalue weighted by atomic mass is 9.85. The van der Waals surface area contributed by atoms with Crippen LogP contribution in [0.4, 0.5) is 0 Å². The average Bonchev–Trinajstić information content (AvgIpc) is 2.93. The van der Waals surface area contributed by atoms with Gasteiger partial charge >= 0.3 is 5.97 Å². The molecule has 2 amide bonds. The highest BCUT2D eigenvalue weighted by atomic mass is 16.7. The van der Waals surface area contributed by atoms with Gasteiger partial charge in [-0.3, -0.25) is 14.4 Å². The van der Waals surface area contributed by atoms with Crippen molar-refractivity contribution in [3.63, 3.8) is 0 Å². The van der Waals surface area contributed by atoms with Crippen molar-refractivity contribution in [1.29, 1.82) is 0 Å². The van der Waals surface area contributed by atoms with Crippen LogP contribution in [-0.4, -0.2) is 54.0 Å². The summed E-state index contributed by atoms with van der Waals surface area (Å²) in [5.41, 5.74) is -0.539. The molecule has 42 heavy (non-hydrogen) atoms. The van der Waals surface area contributed by atoms with Crippen LogP contribution in [0.2, 0.25) is 0 Å². The first-order valence-corrected chi connectivity index (χ1v) is 16.7. The van der Waals surface area contributed by atoms with Crippen molar-refractivity contribution in [3.8, 4) is 0 Å². The van der Waals surface area contributed by atoms with Crippen molar-refractivity contribution in [1.82, 2.24) is 10.6 Å². The molecule has 0 aliphatic carbocycles. The lowest BCUT2D eigenvalue weighted by Crippen LogP contribution is -2.57. The monoisotopic (exact) mass is 594 g/mol. The maximum atomic E-state index is 12.9. The molecule has 3 N–H and O–H groups in total. The van der Waals surface area contributed by atoms with Crippen LogP contribution in [0.5, 0.6) is 0 Å². The van der Waals surface area contributed by atoms with Crippen molar-refractivity contribution in [2.45, 2.75) is 162 Å². The first-order chi connectivity index (χ1) is 19.9. The number of carbonyl (C=O) groups excluding carboxylic acids is 2. The SMILES string of the molecule is CCCCCCCCC=CCCCCCCCC(=O)NC(CC)CC(CNC(=O)C1OC(C)(C)OCC1(C)C)C(=O)O. The molecule has 1 aliphatic rings. The standard InChI is InChI=1S/C34H62N2O6/c1-7-9-10-11-12-13-14-15-16-17-18-19-20-21-22-23-29(37)36-28(8-2)24-27(32(39)40)25-35-31(38)30-33(3,4)26-41-34(5,6)42-30/h15-16,27-28,30H,7-14,17-26H2,1-6H3,(H,35,38)(H,36,37)(H,39,40). The van der Waals surface area contributed by atoms with E-state index in [1.807, 2.05) is 20.8 Å². The Bertz CT molecular complexity index is 810. The number of ether oxygens (including phenoxy) is 2. The van der Waals surface area contributed by atoms with E-state index in [1.165, 1.54) is 57.8 Å². The zero-order chi connectivity index (χ0) is 31.4. The number of aliphatic carboxylic acids is 1. The van der Waals surface area contributed by atoms with Crippen LogP contribution >= 0.6 is 0 Å². The number of carboxylic acids is 1. The van der Waals surface area contributed by atoms with Gasteiger partial charge in [-0.2, -0.15) is 0 Å².